The fraction of sp³-hybridized carbons (Fsp3) is 0.136. The van der Waals surface area contributed by atoms with Crippen molar-refractivity contribution < 1.29 is 9.47 Å². The molecule has 0 amide bonds. The molecule has 0 bridgehead atoms. The molecular formula is C22H16N6O4. The van der Waals surface area contributed by atoms with E-state index in [2.05, 4.69) is 15.2 Å². The summed E-state index contributed by atoms with van der Waals surface area (Å²) < 4.78 is 15.6. The van der Waals surface area contributed by atoms with Gasteiger partial charge < -0.3 is 14.0 Å². The first-order valence-corrected chi connectivity index (χ1v) is 9.97. The molecule has 0 atom stereocenters. The van der Waals surface area contributed by atoms with Crippen molar-refractivity contribution in [1.29, 1.82) is 0 Å². The number of hydrogen-bond acceptors (Lipinski definition) is 7. The van der Waals surface area contributed by atoms with Gasteiger partial charge in [-0.25, -0.2) is 14.3 Å². The Morgan fingerprint density at radius 3 is 2.34 bits per heavy atom. The first kappa shape index (κ1) is 18.3. The minimum absolute atomic E-state index is 0.231. The van der Waals surface area contributed by atoms with Gasteiger partial charge in [0, 0.05) is 12.4 Å². The molecule has 0 fully saturated rings. The van der Waals surface area contributed by atoms with Gasteiger partial charge in [-0.15, -0.1) is 10.2 Å². The van der Waals surface area contributed by atoms with E-state index < -0.39 is 0 Å². The maximum absolute atomic E-state index is 13.2. The van der Waals surface area contributed by atoms with Crippen molar-refractivity contribution >= 4 is 21.8 Å². The topological polar surface area (TPSA) is 106 Å². The molecule has 0 saturated carbocycles. The highest BCUT2D eigenvalue weighted by Crippen LogP contribution is 2.30. The molecule has 10 nitrogen and oxygen atoms in total. The van der Waals surface area contributed by atoms with Crippen LogP contribution in [0.25, 0.3) is 21.8 Å². The zero-order valence-electron chi connectivity index (χ0n) is 16.7. The number of ether oxygens (including phenoxy) is 2. The number of pyridine rings is 3. The summed E-state index contributed by atoms with van der Waals surface area (Å²) in [6.45, 7) is 1.37. The Labute approximate surface area is 179 Å². The number of nitrogens with zero attached hydrogens (tertiary/aromatic N) is 6. The SMILES string of the molecule is O=c1c2cc3c(=O)n(-n4cnnc4)ccc3nc2ccn1Cc1ccc2c(c1)OCCO2. The van der Waals surface area contributed by atoms with Crippen LogP contribution < -0.4 is 20.6 Å². The Balaban J connectivity index is 1.46. The third-order valence-corrected chi connectivity index (χ3v) is 5.41. The van der Waals surface area contributed by atoms with E-state index in [1.807, 2.05) is 18.2 Å². The zero-order chi connectivity index (χ0) is 21.7. The number of aromatic nitrogens is 6. The molecule has 5 heterocycles. The average molecular weight is 428 g/mol. The fourth-order valence-electron chi connectivity index (χ4n) is 3.85. The Hall–Kier alpha value is -4.47. The largest absolute Gasteiger partial charge is 0.486 e. The van der Waals surface area contributed by atoms with Crippen LogP contribution in [0.3, 0.4) is 0 Å². The molecule has 10 heteroatoms. The van der Waals surface area contributed by atoms with Crippen LogP contribution in [-0.4, -0.2) is 42.3 Å². The van der Waals surface area contributed by atoms with Crippen molar-refractivity contribution in [2.24, 2.45) is 0 Å². The highest BCUT2D eigenvalue weighted by atomic mass is 16.6. The van der Waals surface area contributed by atoms with Gasteiger partial charge >= 0.3 is 0 Å². The van der Waals surface area contributed by atoms with E-state index in [1.165, 1.54) is 22.0 Å². The lowest BCUT2D eigenvalue weighted by molar-refractivity contribution is 0.171. The van der Waals surface area contributed by atoms with Crippen molar-refractivity contribution in [2.75, 3.05) is 13.2 Å². The molecule has 0 saturated heterocycles. The van der Waals surface area contributed by atoms with Crippen LogP contribution in [0.1, 0.15) is 5.56 Å². The summed E-state index contributed by atoms with van der Waals surface area (Å²) in [5, 5.41) is 8.17. The lowest BCUT2D eigenvalue weighted by Crippen LogP contribution is -2.25. The number of rotatable bonds is 3. The quantitative estimate of drug-likeness (QED) is 0.400. The molecule has 1 aliphatic rings. The van der Waals surface area contributed by atoms with Gasteiger partial charge in [0.2, 0.25) is 0 Å². The van der Waals surface area contributed by atoms with Crippen LogP contribution in [0, 0.1) is 0 Å². The predicted molar refractivity (Wildman–Crippen MR) is 115 cm³/mol. The van der Waals surface area contributed by atoms with Crippen LogP contribution in [0.5, 0.6) is 11.5 Å². The average Bonchev–Trinajstić information content (AvgIpc) is 3.35. The molecule has 0 N–H and O–H groups in total. The van der Waals surface area contributed by atoms with Crippen LogP contribution in [-0.2, 0) is 6.54 Å². The smallest absolute Gasteiger partial charge is 0.279 e. The summed E-state index contributed by atoms with van der Waals surface area (Å²) in [4.78, 5) is 30.8. The number of hydrogen-bond donors (Lipinski definition) is 0. The molecule has 1 aliphatic heterocycles. The van der Waals surface area contributed by atoms with E-state index in [4.69, 9.17) is 9.47 Å². The molecule has 0 radical (unpaired) electrons. The summed E-state index contributed by atoms with van der Waals surface area (Å²) in [6, 6.07) is 10.7. The molecule has 6 rings (SSSR count). The second-order valence-corrected chi connectivity index (χ2v) is 7.39. The summed E-state index contributed by atoms with van der Waals surface area (Å²) in [5.74, 6) is 1.37. The summed E-state index contributed by atoms with van der Waals surface area (Å²) in [6.07, 6.45) is 6.14. The highest BCUT2D eigenvalue weighted by Gasteiger charge is 2.14. The molecule has 158 valence electrons. The van der Waals surface area contributed by atoms with E-state index >= 15 is 0 Å². The van der Waals surface area contributed by atoms with Gasteiger partial charge in [0.1, 0.15) is 25.9 Å². The van der Waals surface area contributed by atoms with Crippen molar-refractivity contribution in [2.45, 2.75) is 6.54 Å². The Bertz CT molecular complexity index is 1600. The van der Waals surface area contributed by atoms with Crippen molar-refractivity contribution in [3.05, 3.63) is 87.7 Å². The fourth-order valence-corrected chi connectivity index (χ4v) is 3.85. The minimum atomic E-state index is -0.321. The molecule has 5 aromatic rings. The van der Waals surface area contributed by atoms with Gasteiger partial charge in [0.25, 0.3) is 11.1 Å². The Morgan fingerprint density at radius 2 is 1.53 bits per heavy atom. The molecule has 0 unspecified atom stereocenters. The normalized spacial score (nSPS) is 13.0. The van der Waals surface area contributed by atoms with E-state index in [1.54, 1.807) is 35.2 Å². The molecule has 0 spiro atoms. The van der Waals surface area contributed by atoms with E-state index in [9.17, 15) is 9.59 Å². The van der Waals surface area contributed by atoms with Crippen LogP contribution in [0.2, 0.25) is 0 Å². The van der Waals surface area contributed by atoms with Crippen LogP contribution >= 0.6 is 0 Å². The zero-order valence-corrected chi connectivity index (χ0v) is 16.7. The van der Waals surface area contributed by atoms with E-state index in [0.717, 1.165) is 5.56 Å². The molecule has 4 aromatic heterocycles. The van der Waals surface area contributed by atoms with E-state index in [0.29, 0.717) is 53.1 Å². The minimum Gasteiger partial charge on any atom is -0.486 e. The van der Waals surface area contributed by atoms with Crippen LogP contribution in [0.15, 0.2) is 71.0 Å². The second-order valence-electron chi connectivity index (χ2n) is 7.39. The first-order chi connectivity index (χ1) is 15.7. The van der Waals surface area contributed by atoms with Gasteiger partial charge in [-0.3, -0.25) is 9.59 Å². The predicted octanol–water partition coefficient (Wildman–Crippen LogP) is 1.43. The molecular weight excluding hydrogens is 412 g/mol. The monoisotopic (exact) mass is 428 g/mol. The van der Waals surface area contributed by atoms with Crippen LogP contribution in [0.4, 0.5) is 0 Å². The first-order valence-electron chi connectivity index (χ1n) is 9.97. The van der Waals surface area contributed by atoms with E-state index in [-0.39, 0.29) is 11.1 Å². The van der Waals surface area contributed by atoms with Gasteiger partial charge in [0.05, 0.1) is 28.4 Å². The summed E-state index contributed by atoms with van der Waals surface area (Å²) in [7, 11) is 0. The van der Waals surface area contributed by atoms with Gasteiger partial charge in [-0.1, -0.05) is 6.07 Å². The number of fused-ring (bicyclic) bond motifs is 3. The maximum atomic E-state index is 13.2. The van der Waals surface area contributed by atoms with Gasteiger partial charge in [-0.05, 0) is 35.9 Å². The lowest BCUT2D eigenvalue weighted by atomic mass is 10.1. The summed E-state index contributed by atoms with van der Waals surface area (Å²) >= 11 is 0. The standard InChI is InChI=1S/C22H16N6O4/c29-21-15-10-16-18(4-6-28(22(16)30)27-12-23-24-13-27)25-17(15)3-5-26(21)11-14-1-2-19-20(9-14)32-8-7-31-19/h1-6,9-10,12-13H,7-8,11H2. The van der Waals surface area contributed by atoms with Gasteiger partial charge in [-0.2, -0.15) is 0 Å². The van der Waals surface area contributed by atoms with Gasteiger partial charge in [0.15, 0.2) is 11.5 Å². The van der Waals surface area contributed by atoms with Crippen molar-refractivity contribution in [1.82, 2.24) is 29.1 Å². The summed E-state index contributed by atoms with van der Waals surface area (Å²) in [5.41, 5.74) is 1.39. The molecule has 0 aliphatic carbocycles. The van der Waals surface area contributed by atoms with Crippen molar-refractivity contribution in [3.8, 4) is 11.5 Å². The van der Waals surface area contributed by atoms with Crippen molar-refractivity contribution in [3.63, 3.8) is 0 Å². The Kier molecular flexibility index (Phi) is 4.03. The second kappa shape index (κ2) is 7.05. The number of benzene rings is 1. The lowest BCUT2D eigenvalue weighted by Gasteiger charge is -2.19. The molecule has 32 heavy (non-hydrogen) atoms. The highest BCUT2D eigenvalue weighted by molar-refractivity contribution is 5.91. The third kappa shape index (κ3) is 2.92. The molecule has 1 aromatic carbocycles. The Morgan fingerprint density at radius 1 is 0.812 bits per heavy atom. The third-order valence-electron chi connectivity index (χ3n) is 5.41. The maximum Gasteiger partial charge on any atom is 0.279 e.